The van der Waals surface area contributed by atoms with Gasteiger partial charge in [-0.25, -0.2) is 14.4 Å². The van der Waals surface area contributed by atoms with Crippen LogP contribution in [-0.2, 0) is 16.0 Å². The lowest BCUT2D eigenvalue weighted by atomic mass is 10.1. The molecule has 4 aromatic rings. The Morgan fingerprint density at radius 1 is 1.27 bits per heavy atom. The predicted octanol–water partition coefficient (Wildman–Crippen LogP) is 3.08. The second kappa shape index (κ2) is 11.7. The lowest BCUT2D eigenvalue weighted by Gasteiger charge is -2.23. The quantitative estimate of drug-likeness (QED) is 0.282. The molecule has 1 aliphatic heterocycles. The van der Waals surface area contributed by atoms with Crippen LogP contribution in [0.15, 0.2) is 24.3 Å². The molecular weight excluding hydrogens is 553 g/mol. The first-order valence-electron chi connectivity index (χ1n) is 12.8. The minimum Gasteiger partial charge on any atom is -0.348 e. The number of fused-ring (bicyclic) bond motifs is 1. The highest BCUT2D eigenvalue weighted by Gasteiger charge is 2.30. The highest BCUT2D eigenvalue weighted by molar-refractivity contribution is 7.20. The van der Waals surface area contributed by atoms with Gasteiger partial charge in [-0.2, -0.15) is 9.78 Å². The first kappa shape index (κ1) is 27.6. The van der Waals surface area contributed by atoms with Gasteiger partial charge in [-0.1, -0.05) is 29.6 Å². The third-order valence-corrected chi connectivity index (χ3v) is 8.85. The number of carbonyl (C=O) groups excluding carboxylic acids is 2. The van der Waals surface area contributed by atoms with Crippen LogP contribution in [0.25, 0.3) is 16.2 Å². The predicted molar refractivity (Wildman–Crippen MR) is 153 cm³/mol. The van der Waals surface area contributed by atoms with Crippen LogP contribution in [0.3, 0.4) is 0 Å². The molecule has 1 aromatic carbocycles. The zero-order valence-electron chi connectivity index (χ0n) is 22.3. The molecule has 1 atom stereocenters. The van der Waals surface area contributed by atoms with Gasteiger partial charge < -0.3 is 19.9 Å². The van der Waals surface area contributed by atoms with Gasteiger partial charge in [-0.3, -0.25) is 9.69 Å². The molecule has 5 rings (SSSR count). The summed E-state index contributed by atoms with van der Waals surface area (Å²) in [6.45, 7) is 3.79. The number of hydrogen-bond acceptors (Lipinski definition) is 11. The van der Waals surface area contributed by atoms with Crippen molar-refractivity contribution in [2.24, 2.45) is 0 Å². The molecule has 11 nitrogen and oxygen atoms in total. The second-order valence-corrected chi connectivity index (χ2v) is 11.4. The van der Waals surface area contributed by atoms with Crippen LogP contribution in [-0.4, -0.2) is 83.0 Å². The van der Waals surface area contributed by atoms with E-state index in [1.54, 1.807) is 12.1 Å². The molecule has 1 unspecified atom stereocenters. The molecule has 0 spiro atoms. The summed E-state index contributed by atoms with van der Waals surface area (Å²) in [4.78, 5) is 39.4. The number of halogens is 1. The molecule has 1 amide bonds. The van der Waals surface area contributed by atoms with E-state index in [9.17, 15) is 19.2 Å². The lowest BCUT2D eigenvalue weighted by molar-refractivity contribution is -0.123. The molecule has 1 fully saturated rings. The summed E-state index contributed by atoms with van der Waals surface area (Å²) < 4.78 is 15.3. The van der Waals surface area contributed by atoms with Crippen molar-refractivity contribution in [3.8, 4) is 17.3 Å². The molecule has 208 valence electrons. The summed E-state index contributed by atoms with van der Waals surface area (Å²) in [6, 6.07) is 8.35. The summed E-state index contributed by atoms with van der Waals surface area (Å²) >= 11 is 2.77. The third-order valence-electron chi connectivity index (χ3n) is 6.85. The first-order chi connectivity index (χ1) is 19.3. The summed E-state index contributed by atoms with van der Waals surface area (Å²) in [5, 5.41) is 18.7. The average Bonchev–Trinajstić information content (AvgIpc) is 3.73. The van der Waals surface area contributed by atoms with Gasteiger partial charge in [0.1, 0.15) is 28.7 Å². The average molecular weight is 582 g/mol. The maximum Gasteiger partial charge on any atom is 0.234 e. The lowest BCUT2D eigenvalue weighted by Crippen LogP contribution is -2.42. The van der Waals surface area contributed by atoms with Crippen LogP contribution >= 0.6 is 22.7 Å². The molecule has 4 heterocycles. The maximum atomic E-state index is 13.5. The Balaban J connectivity index is 1.38. The van der Waals surface area contributed by atoms with Gasteiger partial charge in [0.2, 0.25) is 16.0 Å². The molecule has 3 aromatic heterocycles. The van der Waals surface area contributed by atoms with Crippen molar-refractivity contribution in [3.05, 3.63) is 40.7 Å². The van der Waals surface area contributed by atoms with Crippen molar-refractivity contribution in [3.63, 3.8) is 0 Å². The molecule has 1 N–H and O–H groups in total. The summed E-state index contributed by atoms with van der Waals surface area (Å²) in [5.74, 6) is 0.257. The van der Waals surface area contributed by atoms with E-state index >= 15 is 0 Å². The van der Waals surface area contributed by atoms with Crippen LogP contribution < -0.4 is 15.1 Å². The standard InChI is InChI=1S/C26H28FN9O2S2/c1-4-19-23(34(3)24-31-22(20(13-28)39-24)16-5-7-17(27)8-6-16)36-25(30-19)40-26(32-36)35-11-9-18(14-35)33(2)15-21(38)29-10-12-37/h5-8,12,18H,4,9-11,14-15H2,1-3H3,(H,29,38). The number of anilines is 3. The Labute approximate surface area is 238 Å². The normalized spacial score (nSPS) is 15.1. The monoisotopic (exact) mass is 581 g/mol. The Morgan fingerprint density at radius 2 is 2.05 bits per heavy atom. The van der Waals surface area contributed by atoms with Crippen molar-refractivity contribution < 1.29 is 14.0 Å². The number of nitrogens with zero attached hydrogens (tertiary/aromatic N) is 8. The zero-order valence-corrected chi connectivity index (χ0v) is 23.9. The van der Waals surface area contributed by atoms with Crippen molar-refractivity contribution >= 4 is 55.9 Å². The number of likely N-dealkylation sites (N-methyl/N-ethyl adjacent to an activating group) is 1. The van der Waals surface area contributed by atoms with Crippen LogP contribution in [0.2, 0.25) is 0 Å². The molecule has 0 saturated carbocycles. The zero-order chi connectivity index (χ0) is 28.4. The van der Waals surface area contributed by atoms with Gasteiger partial charge >= 0.3 is 0 Å². The summed E-state index contributed by atoms with van der Waals surface area (Å²) in [6.07, 6.45) is 2.24. The van der Waals surface area contributed by atoms with Gasteiger partial charge in [0.25, 0.3) is 0 Å². The van der Waals surface area contributed by atoms with Gasteiger partial charge in [0, 0.05) is 31.7 Å². The maximum absolute atomic E-state index is 13.5. The van der Waals surface area contributed by atoms with Gasteiger partial charge in [-0.05, 0) is 44.2 Å². The highest BCUT2D eigenvalue weighted by Crippen LogP contribution is 2.38. The van der Waals surface area contributed by atoms with E-state index < -0.39 is 0 Å². The van der Waals surface area contributed by atoms with E-state index in [4.69, 9.17) is 15.1 Å². The molecule has 1 saturated heterocycles. The van der Waals surface area contributed by atoms with Crippen molar-refractivity contribution in [1.29, 1.82) is 5.26 Å². The number of rotatable bonds is 10. The summed E-state index contributed by atoms with van der Waals surface area (Å²) in [7, 11) is 3.79. The van der Waals surface area contributed by atoms with Crippen LogP contribution in [0.1, 0.15) is 23.9 Å². The van der Waals surface area contributed by atoms with E-state index in [-0.39, 0.29) is 30.9 Å². The smallest absolute Gasteiger partial charge is 0.234 e. The third kappa shape index (κ3) is 5.40. The number of aromatic nitrogens is 4. The molecule has 40 heavy (non-hydrogen) atoms. The minimum absolute atomic E-state index is 0.0191. The number of nitrogens with one attached hydrogen (secondary N) is 1. The van der Waals surface area contributed by atoms with E-state index in [0.29, 0.717) is 34.0 Å². The fourth-order valence-corrected chi connectivity index (χ4v) is 6.53. The molecule has 1 aliphatic rings. The first-order valence-corrected chi connectivity index (χ1v) is 14.4. The highest BCUT2D eigenvalue weighted by atomic mass is 32.1. The number of hydrogen-bond donors (Lipinski definition) is 1. The Morgan fingerprint density at radius 3 is 2.75 bits per heavy atom. The van der Waals surface area contributed by atoms with E-state index in [1.807, 2.05) is 35.3 Å². The SMILES string of the molecule is CCc1nc2sc(N3CCC(N(C)CC(=O)NCC=O)C3)nn2c1N(C)c1nc(-c2ccc(F)cc2)c(C#N)s1. The molecular formula is C26H28FN9O2S2. The van der Waals surface area contributed by atoms with Crippen LogP contribution in [0, 0.1) is 17.1 Å². The van der Waals surface area contributed by atoms with Crippen molar-refractivity contribution in [2.75, 3.05) is 50.1 Å². The van der Waals surface area contributed by atoms with Crippen LogP contribution in [0.5, 0.6) is 0 Å². The molecule has 0 bridgehead atoms. The number of thiazole rings is 1. The Bertz CT molecular complexity index is 1570. The number of aryl methyl sites for hydroxylation is 1. The minimum atomic E-state index is -0.348. The Kier molecular flexibility index (Phi) is 8.06. The van der Waals surface area contributed by atoms with E-state index in [2.05, 4.69) is 16.3 Å². The molecule has 0 radical (unpaired) electrons. The van der Waals surface area contributed by atoms with Crippen molar-refractivity contribution in [1.82, 2.24) is 29.8 Å². The number of aldehydes is 1. The van der Waals surface area contributed by atoms with Crippen LogP contribution in [0.4, 0.5) is 20.5 Å². The fourth-order valence-electron chi connectivity index (χ4n) is 4.73. The van der Waals surface area contributed by atoms with Gasteiger partial charge in [0.15, 0.2) is 10.9 Å². The van der Waals surface area contributed by atoms with Crippen molar-refractivity contribution in [2.45, 2.75) is 25.8 Å². The summed E-state index contributed by atoms with van der Waals surface area (Å²) in [5.41, 5.74) is 2.05. The second-order valence-electron chi connectivity index (χ2n) is 9.44. The van der Waals surface area contributed by atoms with E-state index in [0.717, 1.165) is 41.1 Å². The Hall–Kier alpha value is -3.93. The largest absolute Gasteiger partial charge is 0.348 e. The molecule has 14 heteroatoms. The van der Waals surface area contributed by atoms with Gasteiger partial charge in [-0.15, -0.1) is 5.10 Å². The van der Waals surface area contributed by atoms with E-state index in [1.165, 1.54) is 34.8 Å². The number of amides is 1. The van der Waals surface area contributed by atoms with Gasteiger partial charge in [0.05, 0.1) is 18.8 Å². The topological polar surface area (TPSA) is 123 Å². The fraction of sp³-hybridized carbons (Fsp3) is 0.385. The number of nitriles is 1. The number of benzene rings is 1. The number of carbonyl (C=O) groups is 2. The number of imidazole rings is 1. The molecule has 0 aliphatic carbocycles.